The lowest BCUT2D eigenvalue weighted by Gasteiger charge is -2.08. The number of hydrogen-bond donors (Lipinski definition) is 1. The second kappa shape index (κ2) is 5.56. The van der Waals surface area contributed by atoms with Crippen LogP contribution in [0.5, 0.6) is 17.4 Å². The lowest BCUT2D eigenvalue weighted by molar-refractivity contribution is 0.432. The molecule has 0 unspecified atom stereocenters. The second-order valence-electron chi connectivity index (χ2n) is 4.34. The fraction of sp³-hybridized carbons (Fsp3) is 0.286. The number of aromatic hydroxyl groups is 1. The highest BCUT2D eigenvalue weighted by Crippen LogP contribution is 2.23. The Kier molecular flexibility index (Phi) is 3.85. The predicted molar refractivity (Wildman–Crippen MR) is 71.7 cm³/mol. The first-order valence-electron chi connectivity index (χ1n) is 6.14. The Morgan fingerprint density at radius 2 is 2.16 bits per heavy atom. The van der Waals surface area contributed by atoms with E-state index in [0.717, 1.165) is 12.0 Å². The molecule has 0 bridgehead atoms. The molecule has 2 aromatic rings. The number of benzene rings is 1. The quantitative estimate of drug-likeness (QED) is 0.917. The highest BCUT2D eigenvalue weighted by atomic mass is 16.5. The summed E-state index contributed by atoms with van der Waals surface area (Å²) in [5.74, 6) is 0.511. The Bertz CT molecular complexity index is 615. The fourth-order valence-corrected chi connectivity index (χ4v) is 1.81. The Hall–Kier alpha value is -2.30. The minimum atomic E-state index is -0.273. The molecular weight excluding hydrogens is 244 g/mol. The van der Waals surface area contributed by atoms with Crippen molar-refractivity contribution in [3.05, 3.63) is 46.5 Å². The average Bonchev–Trinajstić information content (AvgIpc) is 2.33. The van der Waals surface area contributed by atoms with Crippen molar-refractivity contribution in [3.63, 3.8) is 0 Å². The van der Waals surface area contributed by atoms with Crippen LogP contribution in [0, 0.1) is 6.92 Å². The van der Waals surface area contributed by atoms with E-state index < -0.39 is 0 Å². The number of aryl methyl sites for hydroxylation is 2. The van der Waals surface area contributed by atoms with Crippen LogP contribution in [0.4, 0.5) is 0 Å². The molecule has 0 saturated carbocycles. The van der Waals surface area contributed by atoms with E-state index >= 15 is 0 Å². The molecule has 0 aliphatic carbocycles. The van der Waals surface area contributed by atoms with Gasteiger partial charge in [0.25, 0.3) is 5.88 Å². The van der Waals surface area contributed by atoms with Crippen LogP contribution in [-0.4, -0.2) is 14.7 Å². The Balaban J connectivity index is 2.33. The average molecular weight is 260 g/mol. The van der Waals surface area contributed by atoms with Crippen molar-refractivity contribution >= 4 is 0 Å². The van der Waals surface area contributed by atoms with Gasteiger partial charge < -0.3 is 14.4 Å². The van der Waals surface area contributed by atoms with Gasteiger partial charge in [-0.2, -0.15) is 0 Å². The van der Waals surface area contributed by atoms with Crippen molar-refractivity contribution in [2.45, 2.75) is 26.8 Å². The van der Waals surface area contributed by atoms with Gasteiger partial charge in [0.2, 0.25) is 0 Å². The van der Waals surface area contributed by atoms with Gasteiger partial charge >= 0.3 is 5.56 Å². The zero-order chi connectivity index (χ0) is 13.8. The molecule has 1 N–H and O–H groups in total. The van der Waals surface area contributed by atoms with Crippen molar-refractivity contribution in [3.8, 4) is 17.4 Å². The maximum Gasteiger partial charge on any atom is 0.313 e. The van der Waals surface area contributed by atoms with E-state index in [-0.39, 0.29) is 17.2 Å². The Morgan fingerprint density at radius 3 is 2.84 bits per heavy atom. The summed E-state index contributed by atoms with van der Waals surface area (Å²) in [6.45, 7) is 4.45. The van der Waals surface area contributed by atoms with Gasteiger partial charge in [0.05, 0.1) is 0 Å². The first-order chi connectivity index (χ1) is 9.10. The van der Waals surface area contributed by atoms with E-state index in [1.807, 2.05) is 13.8 Å². The van der Waals surface area contributed by atoms with Gasteiger partial charge in [-0.3, -0.25) is 4.79 Å². The standard InChI is InChI=1S/C14H16N2O3/c1-3-5-16-6-4-15-13(14(16)18)19-12-8-10(2)7-11(17)9-12/h4,6-9,17H,3,5H2,1-2H3. The van der Waals surface area contributed by atoms with E-state index in [2.05, 4.69) is 4.98 Å². The number of nitrogens with zero attached hydrogens (tertiary/aromatic N) is 2. The van der Waals surface area contributed by atoms with Gasteiger partial charge in [0.1, 0.15) is 11.5 Å². The number of hydrogen-bond acceptors (Lipinski definition) is 4. The van der Waals surface area contributed by atoms with Gasteiger partial charge in [-0.1, -0.05) is 6.92 Å². The van der Waals surface area contributed by atoms with Crippen molar-refractivity contribution in [2.75, 3.05) is 0 Å². The SMILES string of the molecule is CCCn1ccnc(Oc2cc(C)cc(O)c2)c1=O. The molecule has 2 rings (SSSR count). The smallest absolute Gasteiger partial charge is 0.313 e. The van der Waals surface area contributed by atoms with Crippen molar-refractivity contribution in [1.82, 2.24) is 9.55 Å². The molecule has 1 aromatic carbocycles. The summed E-state index contributed by atoms with van der Waals surface area (Å²) < 4.78 is 7.01. The lowest BCUT2D eigenvalue weighted by Crippen LogP contribution is -2.21. The highest BCUT2D eigenvalue weighted by Gasteiger charge is 2.08. The number of phenolic OH excluding ortho intramolecular Hbond substituents is 1. The summed E-state index contributed by atoms with van der Waals surface area (Å²) in [7, 11) is 0. The summed E-state index contributed by atoms with van der Waals surface area (Å²) >= 11 is 0. The van der Waals surface area contributed by atoms with Crippen molar-refractivity contribution in [2.24, 2.45) is 0 Å². The molecule has 0 saturated heterocycles. The minimum Gasteiger partial charge on any atom is -0.508 e. The predicted octanol–water partition coefficient (Wildman–Crippen LogP) is 2.46. The molecule has 5 nitrogen and oxygen atoms in total. The monoisotopic (exact) mass is 260 g/mol. The summed E-state index contributed by atoms with van der Waals surface area (Å²) in [6.07, 6.45) is 4.02. The van der Waals surface area contributed by atoms with Crippen LogP contribution >= 0.6 is 0 Å². The third kappa shape index (κ3) is 3.13. The molecule has 0 spiro atoms. The molecule has 0 aliphatic rings. The maximum absolute atomic E-state index is 12.0. The number of ether oxygens (including phenoxy) is 1. The fourth-order valence-electron chi connectivity index (χ4n) is 1.81. The molecule has 0 amide bonds. The highest BCUT2D eigenvalue weighted by molar-refractivity contribution is 5.38. The van der Waals surface area contributed by atoms with Crippen molar-refractivity contribution in [1.29, 1.82) is 0 Å². The lowest BCUT2D eigenvalue weighted by atomic mass is 10.2. The number of rotatable bonds is 4. The maximum atomic E-state index is 12.0. The van der Waals surface area contributed by atoms with Gasteiger partial charge in [-0.15, -0.1) is 0 Å². The van der Waals surface area contributed by atoms with Crippen LogP contribution in [-0.2, 0) is 6.54 Å². The molecule has 0 radical (unpaired) electrons. The first-order valence-corrected chi connectivity index (χ1v) is 6.14. The summed E-state index contributed by atoms with van der Waals surface area (Å²) in [4.78, 5) is 16.0. The third-order valence-corrected chi connectivity index (χ3v) is 2.60. The molecule has 5 heteroatoms. The number of aromatic nitrogens is 2. The summed E-state index contributed by atoms with van der Waals surface area (Å²) in [6, 6.07) is 4.80. The van der Waals surface area contributed by atoms with Crippen LogP contribution in [0.2, 0.25) is 0 Å². The Morgan fingerprint density at radius 1 is 1.37 bits per heavy atom. The van der Waals surface area contributed by atoms with Crippen LogP contribution in [0.25, 0.3) is 0 Å². The molecular formula is C14H16N2O3. The summed E-state index contributed by atoms with van der Waals surface area (Å²) in [5.41, 5.74) is 0.574. The van der Waals surface area contributed by atoms with Gasteiger partial charge in [0, 0.05) is 25.0 Å². The second-order valence-corrected chi connectivity index (χ2v) is 4.34. The third-order valence-electron chi connectivity index (χ3n) is 2.60. The van der Waals surface area contributed by atoms with Crippen LogP contribution in [0.3, 0.4) is 0 Å². The van der Waals surface area contributed by atoms with E-state index in [1.54, 1.807) is 22.9 Å². The van der Waals surface area contributed by atoms with Gasteiger partial charge in [-0.05, 0) is 31.0 Å². The van der Waals surface area contributed by atoms with E-state index in [0.29, 0.717) is 12.3 Å². The summed E-state index contributed by atoms with van der Waals surface area (Å²) in [5, 5.41) is 9.50. The molecule has 100 valence electrons. The van der Waals surface area contributed by atoms with E-state index in [4.69, 9.17) is 4.74 Å². The van der Waals surface area contributed by atoms with Crippen LogP contribution < -0.4 is 10.3 Å². The van der Waals surface area contributed by atoms with E-state index in [1.165, 1.54) is 12.3 Å². The van der Waals surface area contributed by atoms with Gasteiger partial charge in [0.15, 0.2) is 0 Å². The first kappa shape index (κ1) is 13.1. The molecule has 0 aliphatic heterocycles. The molecule has 0 fully saturated rings. The van der Waals surface area contributed by atoms with Crippen LogP contribution in [0.1, 0.15) is 18.9 Å². The molecule has 1 heterocycles. The van der Waals surface area contributed by atoms with E-state index in [9.17, 15) is 9.90 Å². The van der Waals surface area contributed by atoms with Crippen molar-refractivity contribution < 1.29 is 9.84 Å². The molecule has 1 aromatic heterocycles. The van der Waals surface area contributed by atoms with Gasteiger partial charge in [-0.25, -0.2) is 4.98 Å². The Labute approximate surface area is 111 Å². The largest absolute Gasteiger partial charge is 0.508 e. The van der Waals surface area contributed by atoms with Crippen LogP contribution in [0.15, 0.2) is 35.4 Å². The molecule has 19 heavy (non-hydrogen) atoms. The minimum absolute atomic E-state index is 0.0148. The normalized spacial score (nSPS) is 10.4. The topological polar surface area (TPSA) is 64.3 Å². The number of phenols is 1. The zero-order valence-electron chi connectivity index (χ0n) is 11.0. The molecule has 0 atom stereocenters. The zero-order valence-corrected chi connectivity index (χ0v) is 11.0.